The van der Waals surface area contributed by atoms with Crippen LogP contribution in [0.1, 0.15) is 19.8 Å². The van der Waals surface area contributed by atoms with Gasteiger partial charge in [-0.2, -0.15) is 0 Å². The predicted octanol–water partition coefficient (Wildman–Crippen LogP) is 2.15. The van der Waals surface area contributed by atoms with Crippen molar-refractivity contribution in [1.82, 2.24) is 10.2 Å². The van der Waals surface area contributed by atoms with E-state index in [0.29, 0.717) is 12.3 Å². The smallest absolute Gasteiger partial charge is 0.102 e. The summed E-state index contributed by atoms with van der Waals surface area (Å²) in [6.45, 7) is 6.69. The van der Waals surface area contributed by atoms with Crippen molar-refractivity contribution in [3.8, 4) is 0 Å². The third kappa shape index (κ3) is 5.82. The Bertz CT molecular complexity index is 170. The minimum absolute atomic E-state index is 0.183. The predicted molar refractivity (Wildman–Crippen MR) is 61.3 cm³/mol. The van der Waals surface area contributed by atoms with Gasteiger partial charge >= 0.3 is 0 Å². The summed E-state index contributed by atoms with van der Waals surface area (Å²) in [5.41, 5.74) is 0. The van der Waals surface area contributed by atoms with Crippen molar-refractivity contribution in [3.63, 3.8) is 0 Å². The quantitative estimate of drug-likeness (QED) is 0.327. The fraction of sp³-hybridized carbons (Fsp3) is 0.667. The lowest BCUT2D eigenvalue weighted by Gasteiger charge is -2.18. The molecule has 76 valence electrons. The van der Waals surface area contributed by atoms with Gasteiger partial charge < -0.3 is 10.2 Å². The first-order valence-electron chi connectivity index (χ1n) is 4.42. The van der Waals surface area contributed by atoms with E-state index in [1.807, 2.05) is 7.05 Å². The molecule has 0 aromatic rings. The number of alkyl halides is 1. The third-order valence-electron chi connectivity index (χ3n) is 1.69. The summed E-state index contributed by atoms with van der Waals surface area (Å²) in [5.74, 6) is 0.556. The molecule has 0 spiro atoms. The largest absolute Gasteiger partial charge is 0.341 e. The van der Waals surface area contributed by atoms with Crippen molar-refractivity contribution in [2.75, 3.05) is 13.6 Å². The van der Waals surface area contributed by atoms with Gasteiger partial charge in [0, 0.05) is 13.5 Å². The van der Waals surface area contributed by atoms with E-state index in [9.17, 15) is 0 Å². The van der Waals surface area contributed by atoms with Gasteiger partial charge in [-0.15, -0.1) is 0 Å². The number of halogens is 1. The van der Waals surface area contributed by atoms with Crippen LogP contribution in [0.5, 0.6) is 0 Å². The van der Waals surface area contributed by atoms with Crippen LogP contribution in [0.2, 0.25) is 0 Å². The minimum Gasteiger partial charge on any atom is -0.341 e. The third-order valence-corrected chi connectivity index (χ3v) is 2.34. The van der Waals surface area contributed by atoms with E-state index in [1.54, 1.807) is 11.1 Å². The van der Waals surface area contributed by atoms with Crippen LogP contribution in [-0.2, 0) is 0 Å². The van der Waals surface area contributed by atoms with Crippen molar-refractivity contribution in [2.45, 2.75) is 24.7 Å². The number of hydrogen-bond donors (Lipinski definition) is 2. The van der Waals surface area contributed by atoms with Crippen LogP contribution in [-0.4, -0.2) is 29.3 Å². The van der Waals surface area contributed by atoms with Crippen molar-refractivity contribution >= 4 is 21.8 Å². The number of nitrogens with zero attached hydrogens (tertiary/aromatic N) is 1. The van der Waals surface area contributed by atoms with Gasteiger partial charge in [-0.05, 0) is 19.2 Å². The van der Waals surface area contributed by atoms with Crippen molar-refractivity contribution < 1.29 is 0 Å². The molecular weight excluding hydrogens is 230 g/mol. The molecule has 0 saturated heterocycles. The maximum absolute atomic E-state index is 7.65. The summed E-state index contributed by atoms with van der Waals surface area (Å²) >= 11 is 3.46. The Morgan fingerprint density at radius 1 is 1.77 bits per heavy atom. The zero-order valence-corrected chi connectivity index (χ0v) is 9.89. The lowest BCUT2D eigenvalue weighted by Crippen LogP contribution is -2.30. The second kappa shape index (κ2) is 7.09. The number of amidine groups is 1. The topological polar surface area (TPSA) is 39.1 Å². The van der Waals surface area contributed by atoms with E-state index >= 15 is 0 Å². The van der Waals surface area contributed by atoms with Crippen LogP contribution < -0.4 is 5.32 Å². The van der Waals surface area contributed by atoms with Gasteiger partial charge in [0.2, 0.25) is 0 Å². The van der Waals surface area contributed by atoms with E-state index in [-0.39, 0.29) is 4.95 Å². The zero-order valence-electron chi connectivity index (χ0n) is 8.31. The normalized spacial score (nSPS) is 12.2. The molecule has 2 N–H and O–H groups in total. The molecule has 0 heterocycles. The van der Waals surface area contributed by atoms with Gasteiger partial charge in [0.1, 0.15) is 5.84 Å². The molecule has 13 heavy (non-hydrogen) atoms. The Balaban J connectivity index is 3.70. The van der Waals surface area contributed by atoms with Crippen molar-refractivity contribution in [2.24, 2.45) is 0 Å². The second-order valence-electron chi connectivity index (χ2n) is 2.87. The molecule has 0 rings (SSSR count). The Hall–Kier alpha value is -0.350. The van der Waals surface area contributed by atoms with E-state index < -0.39 is 0 Å². The summed E-state index contributed by atoms with van der Waals surface area (Å²) in [6.07, 6.45) is 3.41. The van der Waals surface area contributed by atoms with Crippen molar-refractivity contribution in [3.05, 3.63) is 12.8 Å². The SMILES string of the molecule is C=CN(C)C(=N)CC(Br)NCCC. The molecule has 0 aromatic heterocycles. The Kier molecular flexibility index (Phi) is 6.90. The molecule has 0 aromatic carbocycles. The highest BCUT2D eigenvalue weighted by molar-refractivity contribution is 9.09. The highest BCUT2D eigenvalue weighted by atomic mass is 79.9. The molecule has 0 aliphatic carbocycles. The molecule has 3 nitrogen and oxygen atoms in total. The lowest BCUT2D eigenvalue weighted by molar-refractivity contribution is 0.610. The second-order valence-corrected chi connectivity index (χ2v) is 3.97. The molecule has 4 heteroatoms. The van der Waals surface area contributed by atoms with E-state index in [4.69, 9.17) is 5.41 Å². The summed E-state index contributed by atoms with van der Waals surface area (Å²) in [4.78, 5) is 1.89. The van der Waals surface area contributed by atoms with Gasteiger partial charge in [-0.25, -0.2) is 0 Å². The van der Waals surface area contributed by atoms with E-state index in [2.05, 4.69) is 34.7 Å². The van der Waals surface area contributed by atoms with E-state index in [1.165, 1.54) is 0 Å². The first-order chi connectivity index (χ1) is 6.11. The molecule has 1 unspecified atom stereocenters. The Morgan fingerprint density at radius 3 is 2.85 bits per heavy atom. The van der Waals surface area contributed by atoms with Gasteiger partial charge in [0.15, 0.2) is 0 Å². The lowest BCUT2D eigenvalue weighted by atomic mass is 10.3. The van der Waals surface area contributed by atoms with Crippen LogP contribution in [0.4, 0.5) is 0 Å². The monoisotopic (exact) mass is 247 g/mol. The van der Waals surface area contributed by atoms with Gasteiger partial charge in [-0.1, -0.05) is 29.4 Å². The fourth-order valence-electron chi connectivity index (χ4n) is 0.797. The first-order valence-corrected chi connectivity index (χ1v) is 5.33. The van der Waals surface area contributed by atoms with Gasteiger partial charge in [0.05, 0.1) is 4.95 Å². The molecule has 0 fully saturated rings. The average molecular weight is 248 g/mol. The molecule has 0 bridgehead atoms. The molecule has 0 saturated carbocycles. The molecule has 1 atom stereocenters. The average Bonchev–Trinajstić information content (AvgIpc) is 2.13. The first kappa shape index (κ1) is 12.7. The highest BCUT2D eigenvalue weighted by Gasteiger charge is 2.07. The molecular formula is C9H18BrN3. The number of hydrogen-bond acceptors (Lipinski definition) is 2. The summed E-state index contributed by atoms with van der Waals surface area (Å²) in [5, 5.41) is 10.9. The zero-order chi connectivity index (χ0) is 10.3. The van der Waals surface area contributed by atoms with Gasteiger partial charge in [0.25, 0.3) is 0 Å². The van der Waals surface area contributed by atoms with E-state index in [0.717, 1.165) is 13.0 Å². The van der Waals surface area contributed by atoms with Crippen LogP contribution >= 0.6 is 15.9 Å². The van der Waals surface area contributed by atoms with Crippen LogP contribution in [0.15, 0.2) is 12.8 Å². The molecule has 0 aliphatic rings. The van der Waals surface area contributed by atoms with Gasteiger partial charge in [-0.3, -0.25) is 5.41 Å². The Morgan fingerprint density at radius 2 is 2.38 bits per heavy atom. The summed E-state index contributed by atoms with van der Waals surface area (Å²) in [7, 11) is 1.83. The maximum atomic E-state index is 7.65. The summed E-state index contributed by atoms with van der Waals surface area (Å²) < 4.78 is 0. The van der Waals surface area contributed by atoms with Crippen LogP contribution in [0.25, 0.3) is 0 Å². The molecule has 0 aliphatic heterocycles. The number of rotatable bonds is 6. The number of nitrogens with one attached hydrogen (secondary N) is 2. The summed E-state index contributed by atoms with van der Waals surface area (Å²) in [6, 6.07) is 0. The van der Waals surface area contributed by atoms with Crippen LogP contribution in [0.3, 0.4) is 0 Å². The van der Waals surface area contributed by atoms with Crippen LogP contribution in [0, 0.1) is 5.41 Å². The molecule has 0 radical (unpaired) electrons. The minimum atomic E-state index is 0.183. The molecule has 0 amide bonds. The standard InChI is InChI=1S/C9H18BrN3/c1-4-6-12-8(10)7-9(11)13(3)5-2/h5,8,11-12H,2,4,6-7H2,1,3H3. The Labute approximate surface area is 88.8 Å². The van der Waals surface area contributed by atoms with Crippen molar-refractivity contribution in [1.29, 1.82) is 5.41 Å². The highest BCUT2D eigenvalue weighted by Crippen LogP contribution is 2.04. The maximum Gasteiger partial charge on any atom is 0.102 e. The fourth-order valence-corrected chi connectivity index (χ4v) is 1.33.